The Morgan fingerprint density at radius 1 is 1.21 bits per heavy atom. The van der Waals surface area contributed by atoms with Crippen LogP contribution in [-0.2, 0) is 4.84 Å². The van der Waals surface area contributed by atoms with Crippen LogP contribution in [0, 0.1) is 11.8 Å². The largest absolute Gasteiger partial charge is 0.301 e. The third-order valence-electron chi connectivity index (χ3n) is 3.09. The SMILES string of the molecule is CCC1CCC(NOCC(C)C)CC1. The summed E-state index contributed by atoms with van der Waals surface area (Å²) >= 11 is 0. The zero-order chi connectivity index (χ0) is 10.4. The van der Waals surface area contributed by atoms with Gasteiger partial charge in [0.2, 0.25) is 0 Å². The summed E-state index contributed by atoms with van der Waals surface area (Å²) in [4.78, 5) is 5.45. The molecule has 0 bridgehead atoms. The Morgan fingerprint density at radius 2 is 1.86 bits per heavy atom. The van der Waals surface area contributed by atoms with E-state index in [0.29, 0.717) is 12.0 Å². The lowest BCUT2D eigenvalue weighted by atomic mass is 9.85. The molecule has 1 aliphatic rings. The molecule has 0 radical (unpaired) electrons. The second kappa shape index (κ2) is 6.41. The Labute approximate surface area is 88.4 Å². The van der Waals surface area contributed by atoms with Gasteiger partial charge in [-0.15, -0.1) is 0 Å². The molecule has 0 aromatic heterocycles. The van der Waals surface area contributed by atoms with Crippen molar-refractivity contribution in [2.45, 2.75) is 58.9 Å². The summed E-state index contributed by atoms with van der Waals surface area (Å²) in [6.45, 7) is 7.48. The lowest BCUT2D eigenvalue weighted by Gasteiger charge is -2.28. The van der Waals surface area contributed by atoms with Gasteiger partial charge in [0.15, 0.2) is 0 Å². The fourth-order valence-electron chi connectivity index (χ4n) is 2.02. The molecule has 1 rings (SSSR count). The van der Waals surface area contributed by atoms with Gasteiger partial charge in [-0.05, 0) is 37.5 Å². The molecule has 1 N–H and O–H groups in total. The Bertz CT molecular complexity index is 139. The van der Waals surface area contributed by atoms with Crippen LogP contribution in [0.15, 0.2) is 0 Å². The van der Waals surface area contributed by atoms with Gasteiger partial charge in [-0.2, -0.15) is 5.48 Å². The number of hydrogen-bond donors (Lipinski definition) is 1. The van der Waals surface area contributed by atoms with E-state index in [4.69, 9.17) is 4.84 Å². The molecule has 1 aliphatic carbocycles. The molecule has 0 aliphatic heterocycles. The van der Waals surface area contributed by atoms with Crippen LogP contribution in [0.4, 0.5) is 0 Å². The van der Waals surface area contributed by atoms with Crippen molar-refractivity contribution >= 4 is 0 Å². The van der Waals surface area contributed by atoms with Gasteiger partial charge in [0.25, 0.3) is 0 Å². The second-order valence-electron chi connectivity index (χ2n) is 4.95. The monoisotopic (exact) mass is 199 g/mol. The van der Waals surface area contributed by atoms with Gasteiger partial charge in [-0.1, -0.05) is 27.2 Å². The van der Waals surface area contributed by atoms with E-state index in [1.807, 2.05) is 0 Å². The highest BCUT2D eigenvalue weighted by Gasteiger charge is 2.19. The van der Waals surface area contributed by atoms with Crippen molar-refractivity contribution in [2.75, 3.05) is 6.61 Å². The van der Waals surface area contributed by atoms with Crippen LogP contribution in [0.2, 0.25) is 0 Å². The third kappa shape index (κ3) is 4.43. The highest BCUT2D eigenvalue weighted by atomic mass is 16.6. The smallest absolute Gasteiger partial charge is 0.0705 e. The Morgan fingerprint density at radius 3 is 2.36 bits per heavy atom. The van der Waals surface area contributed by atoms with Crippen LogP contribution >= 0.6 is 0 Å². The van der Waals surface area contributed by atoms with Crippen LogP contribution in [0.3, 0.4) is 0 Å². The Hall–Kier alpha value is -0.0800. The number of hydroxylamine groups is 1. The van der Waals surface area contributed by atoms with Gasteiger partial charge in [-0.3, -0.25) is 0 Å². The summed E-state index contributed by atoms with van der Waals surface area (Å²) in [5.41, 5.74) is 3.20. The number of hydrogen-bond acceptors (Lipinski definition) is 2. The van der Waals surface area contributed by atoms with Crippen LogP contribution in [0.5, 0.6) is 0 Å². The van der Waals surface area contributed by atoms with E-state index in [1.165, 1.54) is 32.1 Å². The summed E-state index contributed by atoms with van der Waals surface area (Å²) in [7, 11) is 0. The predicted molar refractivity (Wildman–Crippen MR) is 60.0 cm³/mol. The van der Waals surface area contributed by atoms with Gasteiger partial charge < -0.3 is 4.84 Å². The van der Waals surface area contributed by atoms with Gasteiger partial charge in [0.1, 0.15) is 0 Å². The predicted octanol–water partition coefficient (Wildman–Crippen LogP) is 3.13. The minimum atomic E-state index is 0.608. The first-order valence-corrected chi connectivity index (χ1v) is 6.09. The molecule has 0 aromatic carbocycles. The molecule has 2 heteroatoms. The molecular formula is C12H25NO. The lowest BCUT2D eigenvalue weighted by molar-refractivity contribution is -0.0102. The summed E-state index contributed by atoms with van der Waals surface area (Å²) < 4.78 is 0. The van der Waals surface area contributed by atoms with E-state index in [9.17, 15) is 0 Å². The average molecular weight is 199 g/mol. The van der Waals surface area contributed by atoms with Crippen molar-refractivity contribution in [1.29, 1.82) is 0 Å². The lowest BCUT2D eigenvalue weighted by Crippen LogP contribution is -2.34. The molecule has 2 nitrogen and oxygen atoms in total. The second-order valence-corrected chi connectivity index (χ2v) is 4.95. The molecule has 0 aromatic rings. The fraction of sp³-hybridized carbons (Fsp3) is 1.00. The van der Waals surface area contributed by atoms with Gasteiger partial charge >= 0.3 is 0 Å². The van der Waals surface area contributed by atoms with Crippen molar-refractivity contribution in [3.05, 3.63) is 0 Å². The molecule has 0 amide bonds. The maximum absolute atomic E-state index is 5.45. The maximum atomic E-state index is 5.45. The zero-order valence-corrected chi connectivity index (χ0v) is 9.88. The van der Waals surface area contributed by atoms with Crippen LogP contribution in [0.25, 0.3) is 0 Å². The minimum absolute atomic E-state index is 0.608. The van der Waals surface area contributed by atoms with Crippen molar-refractivity contribution in [3.8, 4) is 0 Å². The molecule has 1 saturated carbocycles. The summed E-state index contributed by atoms with van der Waals surface area (Å²) in [5, 5.41) is 0. The molecule has 0 heterocycles. The van der Waals surface area contributed by atoms with E-state index in [1.54, 1.807) is 0 Å². The minimum Gasteiger partial charge on any atom is -0.301 e. The average Bonchev–Trinajstić information content (AvgIpc) is 2.18. The Kier molecular flexibility index (Phi) is 5.49. The standard InChI is InChI=1S/C12H25NO/c1-4-11-5-7-12(8-6-11)13-14-9-10(2)3/h10-13H,4-9H2,1-3H3. The van der Waals surface area contributed by atoms with E-state index in [0.717, 1.165) is 12.5 Å². The summed E-state index contributed by atoms with van der Waals surface area (Å²) in [6, 6.07) is 0.608. The van der Waals surface area contributed by atoms with Crippen molar-refractivity contribution in [3.63, 3.8) is 0 Å². The van der Waals surface area contributed by atoms with Gasteiger partial charge in [0.05, 0.1) is 6.61 Å². The zero-order valence-electron chi connectivity index (χ0n) is 9.88. The maximum Gasteiger partial charge on any atom is 0.0705 e. The number of rotatable bonds is 5. The topological polar surface area (TPSA) is 21.3 Å². The molecule has 0 saturated heterocycles. The highest BCUT2D eigenvalue weighted by Crippen LogP contribution is 2.26. The molecular weight excluding hydrogens is 174 g/mol. The van der Waals surface area contributed by atoms with Crippen molar-refractivity contribution in [1.82, 2.24) is 5.48 Å². The number of nitrogens with one attached hydrogen (secondary N) is 1. The quantitative estimate of drug-likeness (QED) is 0.687. The first-order chi connectivity index (χ1) is 6.72. The van der Waals surface area contributed by atoms with Gasteiger partial charge in [0, 0.05) is 6.04 Å². The van der Waals surface area contributed by atoms with Crippen LogP contribution in [0.1, 0.15) is 52.9 Å². The van der Waals surface area contributed by atoms with Crippen molar-refractivity contribution < 1.29 is 4.84 Å². The molecule has 0 unspecified atom stereocenters. The normalized spacial score (nSPS) is 28.3. The van der Waals surface area contributed by atoms with E-state index in [2.05, 4.69) is 26.3 Å². The van der Waals surface area contributed by atoms with Gasteiger partial charge in [-0.25, -0.2) is 0 Å². The Balaban J connectivity index is 2.04. The fourth-order valence-corrected chi connectivity index (χ4v) is 2.02. The van der Waals surface area contributed by atoms with E-state index in [-0.39, 0.29) is 0 Å². The first kappa shape index (κ1) is 12.0. The molecule has 14 heavy (non-hydrogen) atoms. The molecule has 84 valence electrons. The molecule has 0 spiro atoms. The first-order valence-electron chi connectivity index (χ1n) is 6.09. The van der Waals surface area contributed by atoms with E-state index < -0.39 is 0 Å². The van der Waals surface area contributed by atoms with E-state index >= 15 is 0 Å². The molecule has 1 fully saturated rings. The van der Waals surface area contributed by atoms with Crippen LogP contribution in [-0.4, -0.2) is 12.6 Å². The highest BCUT2D eigenvalue weighted by molar-refractivity contribution is 4.74. The third-order valence-corrected chi connectivity index (χ3v) is 3.09. The summed E-state index contributed by atoms with van der Waals surface area (Å²) in [6.07, 6.45) is 6.67. The molecule has 0 atom stereocenters. The van der Waals surface area contributed by atoms with Crippen molar-refractivity contribution in [2.24, 2.45) is 11.8 Å². The summed E-state index contributed by atoms with van der Waals surface area (Å²) in [5.74, 6) is 1.59. The van der Waals surface area contributed by atoms with Crippen LogP contribution < -0.4 is 5.48 Å².